The number of piperidine rings is 1. The van der Waals surface area contributed by atoms with Crippen LogP contribution in [0.15, 0.2) is 0 Å². The van der Waals surface area contributed by atoms with E-state index in [4.69, 9.17) is 4.74 Å². The van der Waals surface area contributed by atoms with Gasteiger partial charge in [0.2, 0.25) is 0 Å². The average molecular weight is 212 g/mol. The van der Waals surface area contributed by atoms with Crippen molar-refractivity contribution in [1.29, 1.82) is 0 Å². The number of fused-ring (bicyclic) bond motifs is 2. The third kappa shape index (κ3) is 2.62. The highest BCUT2D eigenvalue weighted by molar-refractivity contribution is 5.68. The number of rotatable bonds is 1. The number of alkyl carbamates (subject to hydrolysis) is 1. The first-order valence-corrected chi connectivity index (χ1v) is 5.67. The highest BCUT2D eigenvalue weighted by Crippen LogP contribution is 2.31. The molecule has 86 valence electrons. The predicted molar refractivity (Wildman–Crippen MR) is 57.7 cm³/mol. The average Bonchev–Trinajstić information content (AvgIpc) is 2.60. The molecule has 0 spiro atoms. The predicted octanol–water partition coefficient (Wildman–Crippen LogP) is 1.26. The minimum absolute atomic E-state index is 0.278. The standard InChI is InChI=1S/C11H20N2O2/c1-11(2,3)15-10(14)13-9-5-8-4-7(9)6-12-8/h7-9,12H,4-6H2,1-3H3,(H,13,14)/t7-,8-,9+/m1/s1. The molecule has 3 atom stereocenters. The van der Waals surface area contributed by atoms with E-state index in [0.717, 1.165) is 13.0 Å². The number of amides is 1. The third-order valence-electron chi connectivity index (χ3n) is 3.07. The Morgan fingerprint density at radius 1 is 1.40 bits per heavy atom. The second-order valence-electron chi connectivity index (χ2n) is 5.59. The molecule has 1 saturated carbocycles. The van der Waals surface area contributed by atoms with Crippen molar-refractivity contribution in [1.82, 2.24) is 10.6 Å². The lowest BCUT2D eigenvalue weighted by Gasteiger charge is -2.26. The highest BCUT2D eigenvalue weighted by Gasteiger charge is 2.40. The van der Waals surface area contributed by atoms with Crippen LogP contribution in [0, 0.1) is 5.92 Å². The quantitative estimate of drug-likeness (QED) is 0.688. The van der Waals surface area contributed by atoms with Gasteiger partial charge in [-0.15, -0.1) is 0 Å². The van der Waals surface area contributed by atoms with E-state index in [1.807, 2.05) is 20.8 Å². The van der Waals surface area contributed by atoms with Crippen molar-refractivity contribution in [2.24, 2.45) is 5.92 Å². The van der Waals surface area contributed by atoms with Crippen LogP contribution in [-0.4, -0.2) is 30.3 Å². The van der Waals surface area contributed by atoms with Crippen LogP contribution in [0.4, 0.5) is 4.79 Å². The fourth-order valence-corrected chi connectivity index (χ4v) is 2.47. The number of carbonyl (C=O) groups excluding carboxylic acids is 1. The van der Waals surface area contributed by atoms with Crippen LogP contribution >= 0.6 is 0 Å². The van der Waals surface area contributed by atoms with Crippen LogP contribution in [0.2, 0.25) is 0 Å². The zero-order chi connectivity index (χ0) is 11.1. The summed E-state index contributed by atoms with van der Waals surface area (Å²) in [6.07, 6.45) is 1.96. The summed E-state index contributed by atoms with van der Waals surface area (Å²) >= 11 is 0. The van der Waals surface area contributed by atoms with E-state index in [1.165, 1.54) is 6.42 Å². The number of hydrogen-bond acceptors (Lipinski definition) is 3. The van der Waals surface area contributed by atoms with Gasteiger partial charge in [-0.3, -0.25) is 0 Å². The summed E-state index contributed by atoms with van der Waals surface area (Å²) in [5.41, 5.74) is -0.403. The normalized spacial score (nSPS) is 34.2. The molecule has 0 aromatic carbocycles. The Kier molecular flexibility index (Phi) is 2.63. The molecule has 2 fully saturated rings. The van der Waals surface area contributed by atoms with Crippen molar-refractivity contribution >= 4 is 6.09 Å². The smallest absolute Gasteiger partial charge is 0.407 e. The van der Waals surface area contributed by atoms with E-state index in [9.17, 15) is 4.79 Å². The Morgan fingerprint density at radius 3 is 2.60 bits per heavy atom. The first-order chi connectivity index (χ1) is 6.94. The second-order valence-corrected chi connectivity index (χ2v) is 5.59. The van der Waals surface area contributed by atoms with Crippen molar-refractivity contribution in [3.05, 3.63) is 0 Å². The van der Waals surface area contributed by atoms with Gasteiger partial charge >= 0.3 is 6.09 Å². The van der Waals surface area contributed by atoms with Crippen LogP contribution in [0.3, 0.4) is 0 Å². The molecule has 1 aliphatic carbocycles. The summed E-state index contributed by atoms with van der Waals surface area (Å²) in [5.74, 6) is 0.600. The van der Waals surface area contributed by atoms with E-state index < -0.39 is 5.60 Å². The molecule has 1 aliphatic heterocycles. The maximum Gasteiger partial charge on any atom is 0.407 e. The van der Waals surface area contributed by atoms with Gasteiger partial charge in [-0.25, -0.2) is 4.79 Å². The van der Waals surface area contributed by atoms with Crippen molar-refractivity contribution in [3.63, 3.8) is 0 Å². The number of hydrogen-bond donors (Lipinski definition) is 2. The summed E-state index contributed by atoms with van der Waals surface area (Å²) in [4.78, 5) is 11.5. The lowest BCUT2D eigenvalue weighted by molar-refractivity contribution is 0.0490. The molecule has 1 amide bonds. The zero-order valence-corrected chi connectivity index (χ0v) is 9.67. The molecule has 4 heteroatoms. The Labute approximate surface area is 90.8 Å². The van der Waals surface area contributed by atoms with Crippen molar-refractivity contribution in [3.8, 4) is 0 Å². The topological polar surface area (TPSA) is 50.4 Å². The number of carbonyl (C=O) groups is 1. The largest absolute Gasteiger partial charge is 0.444 e. The van der Waals surface area contributed by atoms with Gasteiger partial charge in [-0.1, -0.05) is 0 Å². The Bertz CT molecular complexity index is 260. The molecule has 4 nitrogen and oxygen atoms in total. The first-order valence-electron chi connectivity index (χ1n) is 5.67. The first kappa shape index (κ1) is 10.7. The van der Waals surface area contributed by atoms with Crippen LogP contribution in [0.5, 0.6) is 0 Å². The molecule has 2 rings (SSSR count). The van der Waals surface area contributed by atoms with Crippen LogP contribution < -0.4 is 10.6 Å². The molecular weight excluding hydrogens is 192 g/mol. The summed E-state index contributed by atoms with van der Waals surface area (Å²) in [7, 11) is 0. The SMILES string of the molecule is CC(C)(C)OC(=O)N[C@H]1C[C@H]2C[C@@H]1CN2. The zero-order valence-electron chi connectivity index (χ0n) is 9.67. The second kappa shape index (κ2) is 3.67. The van der Waals surface area contributed by atoms with Crippen LogP contribution in [0.25, 0.3) is 0 Å². The van der Waals surface area contributed by atoms with Gasteiger partial charge in [-0.2, -0.15) is 0 Å². The maximum atomic E-state index is 11.5. The monoisotopic (exact) mass is 212 g/mol. The Morgan fingerprint density at radius 2 is 2.13 bits per heavy atom. The fourth-order valence-electron chi connectivity index (χ4n) is 2.47. The van der Waals surface area contributed by atoms with E-state index in [0.29, 0.717) is 18.0 Å². The van der Waals surface area contributed by atoms with E-state index >= 15 is 0 Å². The van der Waals surface area contributed by atoms with Gasteiger partial charge < -0.3 is 15.4 Å². The van der Waals surface area contributed by atoms with Gasteiger partial charge in [0.05, 0.1) is 0 Å². The maximum absolute atomic E-state index is 11.5. The van der Waals surface area contributed by atoms with Crippen LogP contribution in [-0.2, 0) is 4.74 Å². The summed E-state index contributed by atoms with van der Waals surface area (Å²) < 4.78 is 5.24. The molecular formula is C11H20N2O2. The highest BCUT2D eigenvalue weighted by atomic mass is 16.6. The minimum Gasteiger partial charge on any atom is -0.444 e. The molecule has 0 unspecified atom stereocenters. The Hall–Kier alpha value is -0.770. The summed E-state index contributed by atoms with van der Waals surface area (Å²) in [6.45, 7) is 6.68. The van der Waals surface area contributed by atoms with E-state index in [-0.39, 0.29) is 6.09 Å². The third-order valence-corrected chi connectivity index (χ3v) is 3.07. The van der Waals surface area contributed by atoms with Gasteiger partial charge in [-0.05, 0) is 39.5 Å². The molecule has 0 aromatic rings. The Balaban J connectivity index is 1.80. The van der Waals surface area contributed by atoms with Crippen molar-refractivity contribution < 1.29 is 9.53 Å². The molecule has 0 aromatic heterocycles. The van der Waals surface area contributed by atoms with Gasteiger partial charge in [0.1, 0.15) is 5.60 Å². The van der Waals surface area contributed by atoms with Crippen molar-refractivity contribution in [2.75, 3.05) is 6.54 Å². The molecule has 15 heavy (non-hydrogen) atoms. The van der Waals surface area contributed by atoms with E-state index in [1.54, 1.807) is 0 Å². The lowest BCUT2D eigenvalue weighted by Crippen LogP contribution is -2.45. The molecule has 1 saturated heterocycles. The lowest BCUT2D eigenvalue weighted by atomic mass is 10.0. The summed E-state index contributed by atoms with van der Waals surface area (Å²) in [5, 5.41) is 6.38. The minimum atomic E-state index is -0.403. The fraction of sp³-hybridized carbons (Fsp3) is 0.909. The number of nitrogens with one attached hydrogen (secondary N) is 2. The van der Waals surface area contributed by atoms with Gasteiger partial charge in [0.15, 0.2) is 0 Å². The van der Waals surface area contributed by atoms with Gasteiger partial charge in [0, 0.05) is 18.6 Å². The molecule has 2 bridgehead atoms. The summed E-state index contributed by atoms with van der Waals surface area (Å²) in [6, 6.07) is 0.918. The molecule has 1 heterocycles. The van der Waals surface area contributed by atoms with E-state index in [2.05, 4.69) is 10.6 Å². The van der Waals surface area contributed by atoms with Gasteiger partial charge in [0.25, 0.3) is 0 Å². The number of ether oxygens (including phenoxy) is 1. The van der Waals surface area contributed by atoms with Crippen LogP contribution in [0.1, 0.15) is 33.6 Å². The molecule has 0 radical (unpaired) electrons. The molecule has 2 N–H and O–H groups in total. The molecule has 2 aliphatic rings. The van der Waals surface area contributed by atoms with Crippen molar-refractivity contribution in [2.45, 2.75) is 51.3 Å².